The Morgan fingerprint density at radius 2 is 1.74 bits per heavy atom. The van der Waals surface area contributed by atoms with Crippen LogP contribution in [-0.2, 0) is 10.0 Å². The number of nitrogens with zero attached hydrogens (tertiary/aromatic N) is 1. The van der Waals surface area contributed by atoms with E-state index in [1.54, 1.807) is 23.1 Å². The first-order valence-electron chi connectivity index (χ1n) is 8.48. The molecule has 1 aromatic carbocycles. The summed E-state index contributed by atoms with van der Waals surface area (Å²) in [6.45, 7) is 1.52. The Kier molecular flexibility index (Phi) is 5.02. The van der Waals surface area contributed by atoms with Crippen molar-refractivity contribution in [2.24, 2.45) is 0 Å². The Bertz CT molecular complexity index is 660. The average molecular weight is 336 g/mol. The molecule has 0 radical (unpaired) electrons. The van der Waals surface area contributed by atoms with Gasteiger partial charge in [0.25, 0.3) is 5.91 Å². The number of hydrogen-bond donors (Lipinski definition) is 1. The molecule has 0 aromatic heterocycles. The summed E-state index contributed by atoms with van der Waals surface area (Å²) in [6.07, 6.45) is 7.15. The van der Waals surface area contributed by atoms with Crippen LogP contribution in [-0.4, -0.2) is 38.4 Å². The minimum Gasteiger partial charge on any atom is -0.339 e. The zero-order valence-electron chi connectivity index (χ0n) is 13.3. The van der Waals surface area contributed by atoms with E-state index < -0.39 is 10.0 Å². The lowest BCUT2D eigenvalue weighted by Crippen LogP contribution is -2.36. The molecule has 23 heavy (non-hydrogen) atoms. The van der Waals surface area contributed by atoms with Crippen LogP contribution in [0.25, 0.3) is 0 Å². The summed E-state index contributed by atoms with van der Waals surface area (Å²) in [6, 6.07) is 6.43. The molecular formula is C17H24N2O3S. The van der Waals surface area contributed by atoms with Crippen LogP contribution in [0.2, 0.25) is 0 Å². The first kappa shape index (κ1) is 16.5. The standard InChI is InChI=1S/C17H24N2O3S/c20-17(19-11-4-5-12-19)14-7-6-10-16(13-14)23(21,22)18-15-8-2-1-3-9-15/h6-7,10,13,15,18H,1-5,8-9,11-12H2. The average Bonchev–Trinajstić information content (AvgIpc) is 3.09. The number of likely N-dealkylation sites (tertiary alicyclic amines) is 1. The highest BCUT2D eigenvalue weighted by Gasteiger charge is 2.24. The summed E-state index contributed by atoms with van der Waals surface area (Å²) in [7, 11) is -3.56. The van der Waals surface area contributed by atoms with Crippen LogP contribution in [0.5, 0.6) is 0 Å². The Balaban J connectivity index is 1.76. The summed E-state index contributed by atoms with van der Waals surface area (Å²) in [5, 5.41) is 0. The molecule has 1 N–H and O–H groups in total. The lowest BCUT2D eigenvalue weighted by atomic mass is 9.96. The van der Waals surface area contributed by atoms with Gasteiger partial charge in [-0.1, -0.05) is 25.3 Å². The largest absolute Gasteiger partial charge is 0.339 e. The Morgan fingerprint density at radius 1 is 1.04 bits per heavy atom. The number of rotatable bonds is 4. The van der Waals surface area contributed by atoms with E-state index in [2.05, 4.69) is 4.72 Å². The van der Waals surface area contributed by atoms with Crippen LogP contribution < -0.4 is 4.72 Å². The Hall–Kier alpha value is -1.40. The first-order valence-corrected chi connectivity index (χ1v) is 9.96. The van der Waals surface area contributed by atoms with Crippen molar-refractivity contribution in [1.82, 2.24) is 9.62 Å². The van der Waals surface area contributed by atoms with Gasteiger partial charge < -0.3 is 4.90 Å². The van der Waals surface area contributed by atoms with Gasteiger partial charge in [-0.15, -0.1) is 0 Å². The third-order valence-electron chi connectivity index (χ3n) is 4.71. The molecule has 0 spiro atoms. The summed E-state index contributed by atoms with van der Waals surface area (Å²) in [4.78, 5) is 14.4. The predicted molar refractivity (Wildman–Crippen MR) is 88.8 cm³/mol. The highest BCUT2D eigenvalue weighted by molar-refractivity contribution is 7.89. The molecular weight excluding hydrogens is 312 g/mol. The number of carbonyl (C=O) groups excluding carboxylic acids is 1. The quantitative estimate of drug-likeness (QED) is 0.919. The lowest BCUT2D eigenvalue weighted by Gasteiger charge is -2.22. The fourth-order valence-electron chi connectivity index (χ4n) is 3.41. The van der Waals surface area contributed by atoms with E-state index in [9.17, 15) is 13.2 Å². The van der Waals surface area contributed by atoms with Crippen molar-refractivity contribution in [3.63, 3.8) is 0 Å². The van der Waals surface area contributed by atoms with Crippen molar-refractivity contribution in [3.05, 3.63) is 29.8 Å². The molecule has 1 saturated carbocycles. The summed E-state index contributed by atoms with van der Waals surface area (Å²) in [5.74, 6) is -0.0720. The fraction of sp³-hybridized carbons (Fsp3) is 0.588. The topological polar surface area (TPSA) is 66.5 Å². The second kappa shape index (κ2) is 7.01. The Morgan fingerprint density at radius 3 is 2.43 bits per heavy atom. The zero-order valence-corrected chi connectivity index (χ0v) is 14.1. The van der Waals surface area contributed by atoms with Crippen LogP contribution in [0.4, 0.5) is 0 Å². The minimum absolute atomic E-state index is 0.0201. The van der Waals surface area contributed by atoms with Gasteiger partial charge in [0, 0.05) is 24.7 Å². The molecule has 1 aliphatic carbocycles. The van der Waals surface area contributed by atoms with E-state index in [1.807, 2.05) is 0 Å². The third kappa shape index (κ3) is 3.93. The smallest absolute Gasteiger partial charge is 0.253 e. The molecule has 2 aliphatic rings. The minimum atomic E-state index is -3.56. The van der Waals surface area contributed by atoms with Gasteiger partial charge in [0.2, 0.25) is 10.0 Å². The molecule has 1 heterocycles. The van der Waals surface area contributed by atoms with Crippen molar-refractivity contribution in [2.45, 2.75) is 55.9 Å². The van der Waals surface area contributed by atoms with Gasteiger partial charge in [0.15, 0.2) is 0 Å². The van der Waals surface area contributed by atoms with E-state index in [0.717, 1.165) is 51.6 Å². The van der Waals surface area contributed by atoms with Gasteiger partial charge in [-0.05, 0) is 43.9 Å². The molecule has 1 aliphatic heterocycles. The maximum absolute atomic E-state index is 12.6. The zero-order chi connectivity index (χ0) is 16.3. The monoisotopic (exact) mass is 336 g/mol. The van der Waals surface area contributed by atoms with E-state index in [-0.39, 0.29) is 16.8 Å². The SMILES string of the molecule is O=C(c1cccc(S(=O)(=O)NC2CCCCC2)c1)N1CCCC1. The number of carbonyl (C=O) groups is 1. The molecule has 2 fully saturated rings. The molecule has 1 aromatic rings. The molecule has 0 atom stereocenters. The van der Waals surface area contributed by atoms with Crippen molar-refractivity contribution >= 4 is 15.9 Å². The number of amides is 1. The molecule has 3 rings (SSSR count). The van der Waals surface area contributed by atoms with Gasteiger partial charge >= 0.3 is 0 Å². The maximum Gasteiger partial charge on any atom is 0.253 e. The Labute approximate surface area is 138 Å². The maximum atomic E-state index is 12.6. The van der Waals surface area contributed by atoms with Crippen LogP contribution in [0.15, 0.2) is 29.2 Å². The summed E-state index contributed by atoms with van der Waals surface area (Å²) < 4.78 is 27.9. The number of sulfonamides is 1. The molecule has 1 amide bonds. The fourth-order valence-corrected chi connectivity index (χ4v) is 4.76. The highest BCUT2D eigenvalue weighted by Crippen LogP contribution is 2.21. The second-order valence-corrected chi connectivity index (χ2v) is 8.20. The van der Waals surface area contributed by atoms with Crippen LogP contribution in [0, 0.1) is 0 Å². The molecule has 1 saturated heterocycles. The van der Waals surface area contributed by atoms with E-state index in [4.69, 9.17) is 0 Å². The van der Waals surface area contributed by atoms with E-state index >= 15 is 0 Å². The lowest BCUT2D eigenvalue weighted by molar-refractivity contribution is 0.0792. The predicted octanol–water partition coefficient (Wildman–Crippen LogP) is 2.53. The van der Waals surface area contributed by atoms with Gasteiger partial charge in [0.05, 0.1) is 4.90 Å². The van der Waals surface area contributed by atoms with Crippen molar-refractivity contribution in [3.8, 4) is 0 Å². The second-order valence-electron chi connectivity index (χ2n) is 6.48. The van der Waals surface area contributed by atoms with Crippen LogP contribution >= 0.6 is 0 Å². The molecule has 0 bridgehead atoms. The number of benzene rings is 1. The number of hydrogen-bond acceptors (Lipinski definition) is 3. The van der Waals surface area contributed by atoms with E-state index in [0.29, 0.717) is 5.56 Å². The highest BCUT2D eigenvalue weighted by atomic mass is 32.2. The van der Waals surface area contributed by atoms with Crippen molar-refractivity contribution in [2.75, 3.05) is 13.1 Å². The van der Waals surface area contributed by atoms with Gasteiger partial charge in [-0.2, -0.15) is 0 Å². The molecule has 6 heteroatoms. The van der Waals surface area contributed by atoms with Crippen LogP contribution in [0.3, 0.4) is 0 Å². The molecule has 0 unspecified atom stereocenters. The molecule has 126 valence electrons. The van der Waals surface area contributed by atoms with Crippen molar-refractivity contribution < 1.29 is 13.2 Å². The normalized spacial score (nSPS) is 19.9. The summed E-state index contributed by atoms with van der Waals surface area (Å²) >= 11 is 0. The third-order valence-corrected chi connectivity index (χ3v) is 6.23. The van der Waals surface area contributed by atoms with E-state index in [1.165, 1.54) is 12.5 Å². The van der Waals surface area contributed by atoms with Gasteiger partial charge in [-0.25, -0.2) is 13.1 Å². The van der Waals surface area contributed by atoms with Crippen molar-refractivity contribution in [1.29, 1.82) is 0 Å². The van der Waals surface area contributed by atoms with Crippen LogP contribution in [0.1, 0.15) is 55.3 Å². The number of nitrogens with one attached hydrogen (secondary N) is 1. The first-order chi connectivity index (χ1) is 11.1. The van der Waals surface area contributed by atoms with Gasteiger partial charge in [0.1, 0.15) is 0 Å². The molecule has 5 nitrogen and oxygen atoms in total. The van der Waals surface area contributed by atoms with Gasteiger partial charge in [-0.3, -0.25) is 4.79 Å². The summed E-state index contributed by atoms with van der Waals surface area (Å²) in [5.41, 5.74) is 0.457.